The summed E-state index contributed by atoms with van der Waals surface area (Å²) >= 11 is 0. The number of nitrogens with zero attached hydrogens (tertiary/aromatic N) is 1. The van der Waals surface area contributed by atoms with Gasteiger partial charge < -0.3 is 0 Å². The van der Waals surface area contributed by atoms with Gasteiger partial charge in [0, 0.05) is 5.56 Å². The molecule has 0 N–H and O–H groups in total. The van der Waals surface area contributed by atoms with Crippen molar-refractivity contribution in [2.45, 2.75) is 6.54 Å². The first kappa shape index (κ1) is 9.91. The van der Waals surface area contributed by atoms with Gasteiger partial charge in [0.25, 0.3) is 0 Å². The predicted molar refractivity (Wildman–Crippen MR) is 32.1 cm³/mol. The largest absolute Gasteiger partial charge is 0.203 e. The predicted octanol–water partition coefficient (Wildman–Crippen LogP) is 1.95. The molecule has 1 nitrogen and oxygen atoms in total. The highest BCUT2D eigenvalue weighted by Crippen LogP contribution is 2.22. The molecule has 0 bridgehead atoms. The van der Waals surface area contributed by atoms with E-state index in [2.05, 4.69) is 0 Å². The summed E-state index contributed by atoms with van der Waals surface area (Å²) in [5, 5.41) is 0. The smallest absolute Gasteiger partial charge is 0.200 e. The zero-order chi connectivity index (χ0) is 10.2. The summed E-state index contributed by atoms with van der Waals surface area (Å²) in [5.41, 5.74) is 7.08. The van der Waals surface area contributed by atoms with Crippen LogP contribution in [0.3, 0.4) is 0 Å². The SMILES string of the molecule is [N]Cc1c(F)c(F)c(F)c(F)c1F. The average molecular weight is 195 g/mol. The highest BCUT2D eigenvalue weighted by Gasteiger charge is 2.24. The number of rotatable bonds is 1. The van der Waals surface area contributed by atoms with E-state index in [4.69, 9.17) is 5.73 Å². The van der Waals surface area contributed by atoms with Crippen molar-refractivity contribution in [1.82, 2.24) is 5.73 Å². The van der Waals surface area contributed by atoms with E-state index >= 15 is 0 Å². The minimum absolute atomic E-state index is 1.23. The summed E-state index contributed by atoms with van der Waals surface area (Å²) in [6.45, 7) is -1.24. The summed E-state index contributed by atoms with van der Waals surface area (Å²) in [4.78, 5) is 0. The Morgan fingerprint density at radius 2 is 1.00 bits per heavy atom. The fraction of sp³-hybridized carbons (Fsp3) is 0.143. The lowest BCUT2D eigenvalue weighted by Crippen LogP contribution is -2.07. The van der Waals surface area contributed by atoms with Gasteiger partial charge in [-0.15, -0.1) is 5.73 Å². The molecule has 0 heterocycles. The highest BCUT2D eigenvalue weighted by molar-refractivity contribution is 5.23. The van der Waals surface area contributed by atoms with Crippen molar-refractivity contribution < 1.29 is 22.0 Å². The normalized spacial score (nSPS) is 10.6. The Labute approximate surface area is 70.0 Å². The van der Waals surface area contributed by atoms with E-state index in [1.165, 1.54) is 0 Å². The third-order valence-electron chi connectivity index (χ3n) is 1.46. The van der Waals surface area contributed by atoms with Crippen LogP contribution in [0.2, 0.25) is 0 Å². The van der Waals surface area contributed by atoms with E-state index in [9.17, 15) is 22.0 Å². The van der Waals surface area contributed by atoms with Crippen molar-refractivity contribution in [3.63, 3.8) is 0 Å². The van der Waals surface area contributed by atoms with Gasteiger partial charge in [0.15, 0.2) is 23.3 Å². The number of halogens is 5. The fourth-order valence-corrected chi connectivity index (χ4v) is 0.789. The molecule has 0 aliphatic rings. The molecule has 0 amide bonds. The molecule has 0 unspecified atom stereocenters. The molecule has 1 aromatic carbocycles. The van der Waals surface area contributed by atoms with Crippen molar-refractivity contribution >= 4 is 0 Å². The zero-order valence-electron chi connectivity index (χ0n) is 6.04. The first-order valence-electron chi connectivity index (χ1n) is 3.11. The number of hydrogen-bond donors (Lipinski definition) is 0. The second kappa shape index (κ2) is 3.29. The first-order chi connectivity index (χ1) is 6.00. The van der Waals surface area contributed by atoms with E-state index in [0.717, 1.165) is 0 Å². The molecule has 0 aliphatic carbocycles. The van der Waals surface area contributed by atoms with Gasteiger partial charge in [0.1, 0.15) is 0 Å². The Morgan fingerprint density at radius 3 is 1.31 bits per heavy atom. The molecule has 1 aromatic rings. The van der Waals surface area contributed by atoms with E-state index in [-0.39, 0.29) is 0 Å². The maximum Gasteiger partial charge on any atom is 0.200 e. The van der Waals surface area contributed by atoms with Crippen LogP contribution in [0.15, 0.2) is 0 Å². The molecule has 13 heavy (non-hydrogen) atoms. The summed E-state index contributed by atoms with van der Waals surface area (Å²) in [5.74, 6) is -10.3. The summed E-state index contributed by atoms with van der Waals surface area (Å²) < 4.78 is 62.0. The van der Waals surface area contributed by atoms with E-state index in [0.29, 0.717) is 0 Å². The molecule has 70 valence electrons. The van der Waals surface area contributed by atoms with Crippen molar-refractivity contribution in [2.24, 2.45) is 0 Å². The Kier molecular flexibility index (Phi) is 2.51. The van der Waals surface area contributed by atoms with Crippen molar-refractivity contribution in [1.29, 1.82) is 0 Å². The van der Waals surface area contributed by atoms with E-state index < -0.39 is 41.2 Å². The molecule has 0 saturated heterocycles. The van der Waals surface area contributed by atoms with Gasteiger partial charge >= 0.3 is 0 Å². The lowest BCUT2D eigenvalue weighted by Gasteiger charge is -2.04. The number of benzene rings is 1. The Bertz CT molecular complexity index is 320. The van der Waals surface area contributed by atoms with Gasteiger partial charge in [-0.1, -0.05) is 0 Å². The van der Waals surface area contributed by atoms with Gasteiger partial charge in [0.05, 0.1) is 6.54 Å². The van der Waals surface area contributed by atoms with Crippen LogP contribution in [-0.4, -0.2) is 0 Å². The molecule has 2 radical (unpaired) electrons. The van der Waals surface area contributed by atoms with Crippen LogP contribution in [-0.2, 0) is 6.54 Å². The van der Waals surface area contributed by atoms with E-state index in [1.54, 1.807) is 0 Å². The second-order valence-electron chi connectivity index (χ2n) is 2.21. The van der Waals surface area contributed by atoms with Crippen LogP contribution in [0.25, 0.3) is 0 Å². The third-order valence-corrected chi connectivity index (χ3v) is 1.46. The minimum Gasteiger partial charge on any atom is -0.203 e. The molecular formula is C7H2F5N. The topological polar surface area (TPSA) is 22.3 Å². The van der Waals surface area contributed by atoms with Gasteiger partial charge in [0.2, 0.25) is 5.82 Å². The Morgan fingerprint density at radius 1 is 0.692 bits per heavy atom. The average Bonchev–Trinajstić information content (AvgIpc) is 2.13. The minimum atomic E-state index is -2.23. The first-order valence-corrected chi connectivity index (χ1v) is 3.11. The second-order valence-corrected chi connectivity index (χ2v) is 2.21. The van der Waals surface area contributed by atoms with Gasteiger partial charge in [-0.3, -0.25) is 0 Å². The molecule has 6 heteroatoms. The van der Waals surface area contributed by atoms with Crippen LogP contribution >= 0.6 is 0 Å². The van der Waals surface area contributed by atoms with Crippen LogP contribution in [0.5, 0.6) is 0 Å². The zero-order valence-corrected chi connectivity index (χ0v) is 6.04. The van der Waals surface area contributed by atoms with Crippen LogP contribution in [0, 0.1) is 29.1 Å². The summed E-state index contributed by atoms with van der Waals surface area (Å²) in [6.07, 6.45) is 0. The lowest BCUT2D eigenvalue weighted by atomic mass is 10.1. The summed E-state index contributed by atoms with van der Waals surface area (Å²) in [6, 6.07) is 0. The molecule has 0 saturated carbocycles. The maximum absolute atomic E-state index is 12.5. The summed E-state index contributed by atoms with van der Waals surface area (Å²) in [7, 11) is 0. The van der Waals surface area contributed by atoms with E-state index in [1.807, 2.05) is 0 Å². The molecule has 0 fully saturated rings. The van der Waals surface area contributed by atoms with Crippen molar-refractivity contribution in [3.8, 4) is 0 Å². The fourth-order valence-electron chi connectivity index (χ4n) is 0.789. The third kappa shape index (κ3) is 1.37. The van der Waals surface area contributed by atoms with Gasteiger partial charge in [-0.05, 0) is 0 Å². The van der Waals surface area contributed by atoms with Gasteiger partial charge in [-0.2, -0.15) is 0 Å². The quantitative estimate of drug-likeness (QED) is 0.371. The Balaban J connectivity index is 3.56. The number of hydrogen-bond acceptors (Lipinski definition) is 0. The van der Waals surface area contributed by atoms with Crippen molar-refractivity contribution in [3.05, 3.63) is 34.6 Å². The van der Waals surface area contributed by atoms with Crippen LogP contribution in [0.4, 0.5) is 22.0 Å². The van der Waals surface area contributed by atoms with Gasteiger partial charge in [-0.25, -0.2) is 22.0 Å². The van der Waals surface area contributed by atoms with Crippen LogP contribution < -0.4 is 5.73 Å². The monoisotopic (exact) mass is 195 g/mol. The van der Waals surface area contributed by atoms with Crippen LogP contribution in [0.1, 0.15) is 5.56 Å². The molecule has 0 spiro atoms. The maximum atomic E-state index is 12.5. The molecule has 0 atom stereocenters. The standard InChI is InChI=1S/C7H2F5N/c8-3-2(1-13)4(9)6(11)7(12)5(3)10/h1H2. The molecule has 0 aromatic heterocycles. The Hall–Kier alpha value is -1.17. The lowest BCUT2D eigenvalue weighted by molar-refractivity contribution is 0.370. The highest BCUT2D eigenvalue weighted by atomic mass is 19.2. The molecular weight excluding hydrogens is 193 g/mol. The molecule has 1 rings (SSSR count). The molecule has 0 aliphatic heterocycles. The van der Waals surface area contributed by atoms with Crippen molar-refractivity contribution in [2.75, 3.05) is 0 Å².